The van der Waals surface area contributed by atoms with Crippen molar-refractivity contribution >= 4 is 30.0 Å². The van der Waals surface area contributed by atoms with Gasteiger partial charge >= 0.3 is 11.9 Å². The van der Waals surface area contributed by atoms with Crippen molar-refractivity contribution in [3.63, 3.8) is 0 Å². The summed E-state index contributed by atoms with van der Waals surface area (Å²) in [6.07, 6.45) is 1.86. The minimum absolute atomic E-state index is 0. The second-order valence-electron chi connectivity index (χ2n) is 4.00. The zero-order valence-corrected chi connectivity index (χ0v) is 10.1. The Balaban J connectivity index is 0.00000120. The molecule has 0 aliphatic carbocycles. The second-order valence-corrected chi connectivity index (χ2v) is 4.00. The van der Waals surface area contributed by atoms with Gasteiger partial charge in [-0.3, -0.25) is 0 Å². The van der Waals surface area contributed by atoms with Gasteiger partial charge in [-0.05, 0) is 11.6 Å². The van der Waals surface area contributed by atoms with Crippen LogP contribution in [0.4, 0.5) is 5.69 Å². The lowest BCUT2D eigenvalue weighted by Crippen LogP contribution is -2.36. The number of hydrogen-bond acceptors (Lipinski definition) is 4. The lowest BCUT2D eigenvalue weighted by atomic mass is 9.98. The van der Waals surface area contributed by atoms with E-state index in [1.165, 1.54) is 6.20 Å². The van der Waals surface area contributed by atoms with E-state index in [0.29, 0.717) is 12.2 Å². The standard InChI is InChI=1S/C12H9NO4.ClH/c14-10-6-13-5-8(12(15)16)4-7-2-1-3-9(17-10)11(7)13;/h1-3,5H,4,6H2,(H,15,16);1H. The monoisotopic (exact) mass is 267 g/mol. The van der Waals surface area contributed by atoms with Crippen LogP contribution in [-0.4, -0.2) is 23.6 Å². The fourth-order valence-electron chi connectivity index (χ4n) is 2.17. The molecule has 0 saturated heterocycles. The van der Waals surface area contributed by atoms with E-state index in [1.54, 1.807) is 17.0 Å². The van der Waals surface area contributed by atoms with E-state index < -0.39 is 5.97 Å². The Morgan fingerprint density at radius 1 is 1.39 bits per heavy atom. The average molecular weight is 268 g/mol. The summed E-state index contributed by atoms with van der Waals surface area (Å²) in [6, 6.07) is 5.32. The summed E-state index contributed by atoms with van der Waals surface area (Å²) in [5.41, 5.74) is 1.95. The molecule has 1 aromatic carbocycles. The van der Waals surface area contributed by atoms with Crippen LogP contribution in [-0.2, 0) is 16.0 Å². The van der Waals surface area contributed by atoms with E-state index in [4.69, 9.17) is 9.84 Å². The first-order valence-corrected chi connectivity index (χ1v) is 5.18. The largest absolute Gasteiger partial charge is 0.478 e. The molecule has 0 atom stereocenters. The van der Waals surface area contributed by atoms with Gasteiger partial charge in [0.05, 0.1) is 11.3 Å². The van der Waals surface area contributed by atoms with Crippen LogP contribution in [0, 0.1) is 0 Å². The number of carboxylic acids is 1. The van der Waals surface area contributed by atoms with Crippen LogP contribution >= 0.6 is 12.4 Å². The highest BCUT2D eigenvalue weighted by atomic mass is 35.5. The number of hydrogen-bond donors (Lipinski definition) is 1. The van der Waals surface area contributed by atoms with E-state index in [-0.39, 0.29) is 30.5 Å². The summed E-state index contributed by atoms with van der Waals surface area (Å²) in [7, 11) is 0. The number of carbonyl (C=O) groups excluding carboxylic acids is 1. The van der Waals surface area contributed by atoms with E-state index in [9.17, 15) is 9.59 Å². The molecule has 1 aromatic rings. The van der Waals surface area contributed by atoms with Crippen LogP contribution in [0.3, 0.4) is 0 Å². The predicted octanol–water partition coefficient (Wildman–Crippen LogP) is 1.36. The zero-order valence-electron chi connectivity index (χ0n) is 9.25. The number of carbonyl (C=O) groups is 2. The fraction of sp³-hybridized carbons (Fsp3) is 0.167. The quantitative estimate of drug-likeness (QED) is 0.615. The normalized spacial score (nSPS) is 16.1. The lowest BCUT2D eigenvalue weighted by Gasteiger charge is -2.32. The molecule has 5 nitrogen and oxygen atoms in total. The van der Waals surface area contributed by atoms with Crippen molar-refractivity contribution in [3.8, 4) is 5.75 Å². The number of anilines is 1. The number of carboxylic acid groups (broad SMARTS) is 1. The van der Waals surface area contributed by atoms with Crippen molar-refractivity contribution in [2.45, 2.75) is 6.42 Å². The van der Waals surface area contributed by atoms with Crippen LogP contribution in [0.25, 0.3) is 0 Å². The minimum atomic E-state index is -0.958. The van der Waals surface area contributed by atoms with Crippen molar-refractivity contribution < 1.29 is 19.4 Å². The molecule has 6 heteroatoms. The molecule has 0 fully saturated rings. The van der Waals surface area contributed by atoms with Crippen molar-refractivity contribution in [3.05, 3.63) is 35.5 Å². The van der Waals surface area contributed by atoms with E-state index in [1.807, 2.05) is 6.07 Å². The van der Waals surface area contributed by atoms with Gasteiger partial charge in [0.15, 0.2) is 5.75 Å². The molecule has 0 bridgehead atoms. The van der Waals surface area contributed by atoms with Crippen LogP contribution in [0.2, 0.25) is 0 Å². The van der Waals surface area contributed by atoms with E-state index >= 15 is 0 Å². The Bertz CT molecular complexity index is 567. The van der Waals surface area contributed by atoms with Crippen LogP contribution in [0.5, 0.6) is 5.75 Å². The second kappa shape index (κ2) is 4.34. The summed E-state index contributed by atoms with van der Waals surface area (Å²) < 4.78 is 5.12. The third-order valence-electron chi connectivity index (χ3n) is 2.86. The molecule has 0 unspecified atom stereocenters. The van der Waals surface area contributed by atoms with Crippen molar-refractivity contribution in [2.75, 3.05) is 11.4 Å². The molecule has 94 valence electrons. The van der Waals surface area contributed by atoms with Gasteiger partial charge in [-0.2, -0.15) is 0 Å². The Morgan fingerprint density at radius 2 is 2.17 bits per heavy atom. The van der Waals surface area contributed by atoms with E-state index in [0.717, 1.165) is 11.3 Å². The van der Waals surface area contributed by atoms with Crippen LogP contribution < -0.4 is 9.64 Å². The minimum Gasteiger partial charge on any atom is -0.478 e. The molecule has 18 heavy (non-hydrogen) atoms. The molecule has 2 aliphatic rings. The third-order valence-corrected chi connectivity index (χ3v) is 2.86. The van der Waals surface area contributed by atoms with Gasteiger partial charge in [-0.25, -0.2) is 9.59 Å². The average Bonchev–Trinajstić information content (AvgIpc) is 2.28. The van der Waals surface area contributed by atoms with Crippen molar-refractivity contribution in [1.82, 2.24) is 0 Å². The Labute approximate surface area is 109 Å². The highest BCUT2D eigenvalue weighted by molar-refractivity contribution is 5.93. The van der Waals surface area contributed by atoms with Gasteiger partial charge in [0.1, 0.15) is 6.54 Å². The van der Waals surface area contributed by atoms with Gasteiger partial charge in [0.25, 0.3) is 0 Å². The first-order valence-electron chi connectivity index (χ1n) is 5.18. The Morgan fingerprint density at radius 3 is 2.89 bits per heavy atom. The highest BCUT2D eigenvalue weighted by Gasteiger charge is 2.30. The van der Waals surface area contributed by atoms with Crippen molar-refractivity contribution in [1.29, 1.82) is 0 Å². The molecule has 0 saturated carbocycles. The smallest absolute Gasteiger partial charge is 0.333 e. The molecule has 0 spiro atoms. The molecular formula is C12H10ClNO4. The fourth-order valence-corrected chi connectivity index (χ4v) is 2.17. The number of benzene rings is 1. The first-order chi connectivity index (χ1) is 8.15. The highest BCUT2D eigenvalue weighted by Crippen LogP contribution is 2.39. The van der Waals surface area contributed by atoms with Gasteiger partial charge in [0.2, 0.25) is 0 Å². The molecule has 2 aliphatic heterocycles. The number of esters is 1. The summed E-state index contributed by atoms with van der Waals surface area (Å²) in [4.78, 5) is 24.0. The van der Waals surface area contributed by atoms with Gasteiger partial charge in [-0.15, -0.1) is 12.4 Å². The lowest BCUT2D eigenvalue weighted by molar-refractivity contribution is -0.134. The van der Waals surface area contributed by atoms with Crippen LogP contribution in [0.1, 0.15) is 5.56 Å². The summed E-state index contributed by atoms with van der Waals surface area (Å²) >= 11 is 0. The van der Waals surface area contributed by atoms with Crippen LogP contribution in [0.15, 0.2) is 30.0 Å². The third kappa shape index (κ3) is 1.82. The maximum Gasteiger partial charge on any atom is 0.333 e. The number of ether oxygens (including phenoxy) is 1. The molecule has 0 aromatic heterocycles. The Kier molecular flexibility index (Phi) is 3.00. The first kappa shape index (κ1) is 12.4. The topological polar surface area (TPSA) is 66.8 Å². The maximum absolute atomic E-state index is 11.4. The molecule has 0 radical (unpaired) electrons. The molecule has 0 amide bonds. The number of aliphatic carboxylic acids is 1. The summed E-state index contributed by atoms with van der Waals surface area (Å²) in [6.45, 7) is 0.0563. The summed E-state index contributed by atoms with van der Waals surface area (Å²) in [5, 5.41) is 9.02. The van der Waals surface area contributed by atoms with E-state index in [2.05, 4.69) is 0 Å². The maximum atomic E-state index is 11.4. The zero-order chi connectivity index (χ0) is 12.0. The number of halogens is 1. The summed E-state index contributed by atoms with van der Waals surface area (Å²) in [5.74, 6) is -0.836. The molecule has 1 N–H and O–H groups in total. The SMILES string of the molecule is Cl.O=C1CN2C=C(C(=O)O)Cc3cccc(c32)O1. The van der Waals surface area contributed by atoms with Crippen molar-refractivity contribution in [2.24, 2.45) is 0 Å². The number of rotatable bonds is 1. The predicted molar refractivity (Wildman–Crippen MR) is 66.1 cm³/mol. The van der Waals surface area contributed by atoms with Gasteiger partial charge in [0, 0.05) is 12.6 Å². The molecule has 2 heterocycles. The Hall–Kier alpha value is -2.01. The number of para-hydroxylation sites is 1. The van der Waals surface area contributed by atoms with Gasteiger partial charge in [-0.1, -0.05) is 12.1 Å². The molecule has 3 rings (SSSR count). The van der Waals surface area contributed by atoms with Gasteiger partial charge < -0.3 is 14.7 Å². The molecular weight excluding hydrogens is 258 g/mol. The number of nitrogens with zero attached hydrogens (tertiary/aromatic N) is 1.